The van der Waals surface area contributed by atoms with E-state index in [0.29, 0.717) is 6.61 Å². The molecular weight excluding hydrogens is 312 g/mol. The Bertz CT molecular complexity index is 572. The van der Waals surface area contributed by atoms with Gasteiger partial charge in [-0.3, -0.25) is 4.79 Å². The third kappa shape index (κ3) is 6.85. The molecule has 0 N–H and O–H groups in total. The van der Waals surface area contributed by atoms with E-state index in [2.05, 4.69) is 26.0 Å². The second-order valence-electron chi connectivity index (χ2n) is 6.56. The first-order valence-electron chi connectivity index (χ1n) is 9.40. The fraction of sp³-hybridized carbons (Fsp3) is 0.545. The molecule has 0 bridgehead atoms. The van der Waals surface area contributed by atoms with Crippen molar-refractivity contribution in [3.8, 4) is 0 Å². The summed E-state index contributed by atoms with van der Waals surface area (Å²) in [5.41, 5.74) is 1.97. The Labute approximate surface area is 152 Å². The molecule has 0 heterocycles. The number of hydrogen-bond donors (Lipinski definition) is 0. The van der Waals surface area contributed by atoms with Crippen LogP contribution in [0.3, 0.4) is 0 Å². The summed E-state index contributed by atoms with van der Waals surface area (Å²) in [6, 6.07) is 0. The summed E-state index contributed by atoms with van der Waals surface area (Å²) in [4.78, 5) is 24.0. The maximum atomic E-state index is 12.4. The molecule has 0 fully saturated rings. The van der Waals surface area contributed by atoms with E-state index in [0.717, 1.165) is 49.7 Å². The maximum Gasteiger partial charge on any atom is 0.330 e. The highest BCUT2D eigenvalue weighted by atomic mass is 16.5. The molecule has 0 aromatic carbocycles. The first-order valence-corrected chi connectivity index (χ1v) is 9.40. The molecule has 138 valence electrons. The molecule has 0 atom stereocenters. The fourth-order valence-corrected chi connectivity index (χ4v) is 2.98. The van der Waals surface area contributed by atoms with E-state index >= 15 is 0 Å². The molecule has 25 heavy (non-hydrogen) atoms. The molecule has 1 aliphatic rings. The first kappa shape index (κ1) is 21.1. The molecular formula is C22H32O3. The van der Waals surface area contributed by atoms with Gasteiger partial charge in [0.05, 0.1) is 0 Å². The highest BCUT2D eigenvalue weighted by molar-refractivity contribution is 6.03. The third-order valence-electron chi connectivity index (χ3n) is 5.05. The van der Waals surface area contributed by atoms with Gasteiger partial charge in [0.25, 0.3) is 0 Å². The van der Waals surface area contributed by atoms with Crippen LogP contribution in [-0.4, -0.2) is 18.4 Å². The Balaban J connectivity index is 3.05. The second kappa shape index (κ2) is 10.9. The molecule has 0 aliphatic heterocycles. The van der Waals surface area contributed by atoms with Gasteiger partial charge in [-0.05, 0) is 68.1 Å². The van der Waals surface area contributed by atoms with Crippen LogP contribution in [0.2, 0.25) is 0 Å². The van der Waals surface area contributed by atoms with Gasteiger partial charge in [0, 0.05) is 6.08 Å². The number of ether oxygens (including phenoxy) is 1. The molecule has 0 saturated carbocycles. The minimum absolute atomic E-state index is 0.0164. The lowest BCUT2D eigenvalue weighted by atomic mass is 9.78. The number of rotatable bonds is 6. The van der Waals surface area contributed by atoms with Crippen LogP contribution >= 0.6 is 0 Å². The van der Waals surface area contributed by atoms with Gasteiger partial charge in [-0.2, -0.15) is 0 Å². The number of ketones is 1. The van der Waals surface area contributed by atoms with Crippen molar-refractivity contribution in [1.29, 1.82) is 0 Å². The Hall–Kier alpha value is -1.90. The van der Waals surface area contributed by atoms with E-state index in [4.69, 9.17) is 4.74 Å². The fourth-order valence-electron chi connectivity index (χ4n) is 2.98. The zero-order valence-corrected chi connectivity index (χ0v) is 16.1. The van der Waals surface area contributed by atoms with Crippen LogP contribution in [-0.2, 0) is 14.3 Å². The van der Waals surface area contributed by atoms with Crippen LogP contribution in [0.15, 0.2) is 47.6 Å². The van der Waals surface area contributed by atoms with E-state index in [9.17, 15) is 9.59 Å². The molecule has 0 aromatic heterocycles. The zero-order chi connectivity index (χ0) is 18.7. The van der Waals surface area contributed by atoms with Gasteiger partial charge in [-0.1, -0.05) is 45.1 Å². The highest BCUT2D eigenvalue weighted by Gasteiger charge is 2.23. The average molecular weight is 344 g/mol. The Morgan fingerprint density at radius 1 is 1.24 bits per heavy atom. The number of carbonyl (C=O) groups excluding carboxylic acids is 2. The van der Waals surface area contributed by atoms with E-state index in [1.165, 1.54) is 6.08 Å². The molecule has 0 spiro atoms. The monoisotopic (exact) mass is 344 g/mol. The van der Waals surface area contributed by atoms with Crippen molar-refractivity contribution in [2.24, 2.45) is 5.41 Å². The predicted molar refractivity (Wildman–Crippen MR) is 103 cm³/mol. The number of carbonyl (C=O) groups is 2. The van der Waals surface area contributed by atoms with Crippen molar-refractivity contribution in [3.05, 3.63) is 47.6 Å². The quantitative estimate of drug-likeness (QED) is 0.364. The standard InChI is InChI=1S/C22H32O3/c1-5-10-21(24)25-17-18-11-9-12-19(6-2)20(23)14-16-22(7-3,8-4)15-13-18/h5,10,12-14,16H,6-9,11,15,17H2,1-4H3/b10-5+,16-14-,18-13+,19-12-. The topological polar surface area (TPSA) is 43.4 Å². The summed E-state index contributed by atoms with van der Waals surface area (Å²) in [7, 11) is 0. The van der Waals surface area contributed by atoms with Crippen LogP contribution in [0, 0.1) is 5.41 Å². The molecule has 0 radical (unpaired) electrons. The van der Waals surface area contributed by atoms with E-state index < -0.39 is 0 Å². The lowest BCUT2D eigenvalue weighted by molar-refractivity contribution is -0.136. The van der Waals surface area contributed by atoms with Crippen molar-refractivity contribution < 1.29 is 14.3 Å². The molecule has 0 saturated heterocycles. The smallest absolute Gasteiger partial charge is 0.330 e. The Morgan fingerprint density at radius 2 is 1.96 bits per heavy atom. The maximum absolute atomic E-state index is 12.4. The third-order valence-corrected chi connectivity index (χ3v) is 5.05. The summed E-state index contributed by atoms with van der Waals surface area (Å²) >= 11 is 0. The molecule has 1 aliphatic carbocycles. The summed E-state index contributed by atoms with van der Waals surface area (Å²) < 4.78 is 5.33. The summed E-state index contributed by atoms with van der Waals surface area (Å²) in [6.45, 7) is 8.45. The molecule has 3 heteroatoms. The van der Waals surface area contributed by atoms with Crippen LogP contribution in [0.5, 0.6) is 0 Å². The largest absolute Gasteiger partial charge is 0.458 e. The average Bonchev–Trinajstić information content (AvgIpc) is 2.65. The van der Waals surface area contributed by atoms with Crippen molar-refractivity contribution in [1.82, 2.24) is 0 Å². The number of esters is 1. The lowest BCUT2D eigenvalue weighted by Crippen LogP contribution is -2.16. The lowest BCUT2D eigenvalue weighted by Gasteiger charge is -2.27. The van der Waals surface area contributed by atoms with E-state index in [1.54, 1.807) is 19.1 Å². The SMILES string of the molecule is C/C=C/C(=O)OC/C1=C/CC(CC)(CC)/C=C\C(=O)/C(CC)=C\CC1. The second-order valence-corrected chi connectivity index (χ2v) is 6.56. The van der Waals surface area contributed by atoms with E-state index in [1.807, 2.05) is 13.0 Å². The molecule has 0 aromatic rings. The van der Waals surface area contributed by atoms with Gasteiger partial charge < -0.3 is 4.74 Å². The number of allylic oxidation sites excluding steroid dienone is 6. The zero-order valence-electron chi connectivity index (χ0n) is 16.1. The van der Waals surface area contributed by atoms with Gasteiger partial charge in [-0.25, -0.2) is 4.79 Å². The predicted octanol–water partition coefficient (Wildman–Crippen LogP) is 5.48. The molecule has 1 rings (SSSR count). The van der Waals surface area contributed by atoms with Gasteiger partial charge in [0.15, 0.2) is 5.78 Å². The van der Waals surface area contributed by atoms with Gasteiger partial charge in [-0.15, -0.1) is 0 Å². The van der Waals surface area contributed by atoms with Crippen LogP contribution < -0.4 is 0 Å². The van der Waals surface area contributed by atoms with Crippen molar-refractivity contribution in [3.63, 3.8) is 0 Å². The van der Waals surface area contributed by atoms with Gasteiger partial charge >= 0.3 is 5.97 Å². The van der Waals surface area contributed by atoms with Crippen LogP contribution in [0.4, 0.5) is 0 Å². The molecule has 3 nitrogen and oxygen atoms in total. The van der Waals surface area contributed by atoms with Crippen molar-refractivity contribution in [2.45, 2.75) is 66.2 Å². The summed E-state index contributed by atoms with van der Waals surface area (Å²) in [5.74, 6) is -0.188. The van der Waals surface area contributed by atoms with Crippen LogP contribution in [0.25, 0.3) is 0 Å². The molecule has 0 unspecified atom stereocenters. The molecule has 0 amide bonds. The Morgan fingerprint density at radius 3 is 2.56 bits per heavy atom. The first-order chi connectivity index (χ1) is 12.0. The van der Waals surface area contributed by atoms with Crippen LogP contribution in [0.1, 0.15) is 66.2 Å². The minimum Gasteiger partial charge on any atom is -0.458 e. The van der Waals surface area contributed by atoms with E-state index in [-0.39, 0.29) is 17.2 Å². The van der Waals surface area contributed by atoms with Crippen molar-refractivity contribution >= 4 is 11.8 Å². The van der Waals surface area contributed by atoms with Crippen molar-refractivity contribution in [2.75, 3.05) is 6.61 Å². The Kier molecular flexibility index (Phi) is 9.18. The number of hydrogen-bond acceptors (Lipinski definition) is 3. The highest BCUT2D eigenvalue weighted by Crippen LogP contribution is 2.34. The normalized spacial score (nSPS) is 23.9. The minimum atomic E-state index is -0.310. The van der Waals surface area contributed by atoms with Gasteiger partial charge in [0.1, 0.15) is 6.61 Å². The van der Waals surface area contributed by atoms with Gasteiger partial charge in [0.2, 0.25) is 0 Å². The summed E-state index contributed by atoms with van der Waals surface area (Å²) in [6.07, 6.45) is 16.3. The summed E-state index contributed by atoms with van der Waals surface area (Å²) in [5, 5.41) is 0.